The van der Waals surface area contributed by atoms with Crippen LogP contribution in [0.15, 0.2) is 102 Å². The fourth-order valence-electron chi connectivity index (χ4n) is 5.62. The Morgan fingerprint density at radius 1 is 0.727 bits per heavy atom. The average Bonchev–Trinajstić information content (AvgIpc) is 3.29. The normalized spacial score (nSPS) is 12.8. The number of aromatic nitrogens is 2. The van der Waals surface area contributed by atoms with Crippen LogP contribution in [-0.2, 0) is 0 Å². The first kappa shape index (κ1) is 29.1. The van der Waals surface area contributed by atoms with Gasteiger partial charge in [-0.15, -0.1) is 0 Å². The number of aryl methyl sites for hydroxylation is 4. The highest BCUT2D eigenvalue weighted by atomic mass is 35.5. The number of rotatable bonds is 5. The summed E-state index contributed by atoms with van der Waals surface area (Å²) in [5.74, 6) is 1.48. The minimum Gasteiger partial charge on any atom is -0.288 e. The van der Waals surface area contributed by atoms with Gasteiger partial charge in [-0.2, -0.15) is 5.26 Å². The molecule has 1 aliphatic heterocycles. The molecular formula is C36H27Cl2N5O. The predicted molar refractivity (Wildman–Crippen MR) is 178 cm³/mol. The van der Waals surface area contributed by atoms with Crippen molar-refractivity contribution in [1.82, 2.24) is 9.97 Å². The van der Waals surface area contributed by atoms with E-state index in [0.29, 0.717) is 44.1 Å². The maximum atomic E-state index is 13.3. The first-order valence-electron chi connectivity index (χ1n) is 14.0. The second-order valence-corrected chi connectivity index (χ2v) is 11.5. The van der Waals surface area contributed by atoms with Gasteiger partial charge in [0.15, 0.2) is 11.6 Å². The first-order valence-corrected chi connectivity index (χ1v) is 14.8. The second-order valence-electron chi connectivity index (χ2n) is 10.7. The Hall–Kier alpha value is -4.96. The molecule has 0 radical (unpaired) electrons. The number of Topliss-reactive ketones (excluding diaryl/α,β-unsaturated/α-hetero) is 1. The Morgan fingerprint density at radius 2 is 1.18 bits per heavy atom. The predicted octanol–water partition coefficient (Wildman–Crippen LogP) is 9.63. The number of hydrogen-bond acceptors (Lipinski definition) is 6. The summed E-state index contributed by atoms with van der Waals surface area (Å²) in [6.07, 6.45) is 3.37. The molecule has 5 aromatic rings. The number of allylic oxidation sites excluding steroid dienone is 3. The van der Waals surface area contributed by atoms with Crippen LogP contribution in [0.25, 0.3) is 11.0 Å². The van der Waals surface area contributed by atoms with Gasteiger partial charge in [0.05, 0.1) is 32.5 Å². The lowest BCUT2D eigenvalue weighted by molar-refractivity contribution is 0.103. The van der Waals surface area contributed by atoms with Crippen LogP contribution < -0.4 is 9.80 Å². The van der Waals surface area contributed by atoms with Crippen LogP contribution in [0.2, 0.25) is 10.0 Å². The van der Waals surface area contributed by atoms with E-state index in [1.165, 1.54) is 0 Å². The minimum absolute atomic E-state index is 0.00668. The number of carbonyl (C=O) groups is 1. The number of para-hydroxylation sites is 2. The molecule has 0 saturated heterocycles. The first-order chi connectivity index (χ1) is 21.2. The van der Waals surface area contributed by atoms with Gasteiger partial charge in [0.2, 0.25) is 5.78 Å². The Balaban J connectivity index is 1.69. The summed E-state index contributed by atoms with van der Waals surface area (Å²) in [5.41, 5.74) is 7.54. The van der Waals surface area contributed by atoms with E-state index in [2.05, 4.69) is 6.07 Å². The molecule has 0 bridgehead atoms. The summed E-state index contributed by atoms with van der Waals surface area (Å²) in [4.78, 5) is 27.6. The Kier molecular flexibility index (Phi) is 7.69. The lowest BCUT2D eigenvalue weighted by Gasteiger charge is -2.28. The molecule has 0 amide bonds. The van der Waals surface area contributed by atoms with Gasteiger partial charge in [0, 0.05) is 5.56 Å². The molecule has 216 valence electrons. The number of anilines is 4. The van der Waals surface area contributed by atoms with Crippen molar-refractivity contribution in [3.63, 3.8) is 0 Å². The third-order valence-electron chi connectivity index (χ3n) is 7.68. The molecule has 0 atom stereocenters. The molecule has 8 heteroatoms. The third kappa shape index (κ3) is 5.01. The number of fused-ring (bicyclic) bond motifs is 2. The molecule has 0 spiro atoms. The highest BCUT2D eigenvalue weighted by Crippen LogP contribution is 2.51. The van der Waals surface area contributed by atoms with Crippen molar-refractivity contribution in [2.24, 2.45) is 0 Å². The molecule has 0 unspecified atom stereocenters. The zero-order chi connectivity index (χ0) is 31.1. The topological polar surface area (TPSA) is 73.1 Å². The number of ketones is 1. The Morgan fingerprint density at radius 3 is 1.61 bits per heavy atom. The zero-order valence-electron chi connectivity index (χ0n) is 24.6. The largest absolute Gasteiger partial charge is 0.288 e. The minimum atomic E-state index is -0.357. The summed E-state index contributed by atoms with van der Waals surface area (Å²) < 4.78 is 0. The van der Waals surface area contributed by atoms with Gasteiger partial charge in [-0.05, 0) is 74.2 Å². The van der Waals surface area contributed by atoms with Crippen LogP contribution in [0.4, 0.5) is 23.0 Å². The van der Waals surface area contributed by atoms with Crippen molar-refractivity contribution in [1.29, 1.82) is 5.26 Å². The van der Waals surface area contributed by atoms with E-state index in [4.69, 9.17) is 33.2 Å². The number of halogens is 2. The molecule has 1 aliphatic rings. The van der Waals surface area contributed by atoms with Gasteiger partial charge in [0.1, 0.15) is 17.5 Å². The van der Waals surface area contributed by atoms with E-state index >= 15 is 0 Å². The van der Waals surface area contributed by atoms with E-state index < -0.39 is 0 Å². The molecule has 0 aliphatic carbocycles. The molecule has 44 heavy (non-hydrogen) atoms. The van der Waals surface area contributed by atoms with E-state index in [0.717, 1.165) is 33.6 Å². The molecule has 0 saturated carbocycles. The van der Waals surface area contributed by atoms with Gasteiger partial charge in [0.25, 0.3) is 0 Å². The summed E-state index contributed by atoms with van der Waals surface area (Å²) in [7, 11) is 0. The van der Waals surface area contributed by atoms with E-state index in [1.54, 1.807) is 48.6 Å². The summed E-state index contributed by atoms with van der Waals surface area (Å²) in [6, 6.07) is 26.5. The molecule has 6 rings (SSSR count). The van der Waals surface area contributed by atoms with Gasteiger partial charge in [-0.25, -0.2) is 9.97 Å². The Bertz CT molecular complexity index is 1930. The second kappa shape index (κ2) is 11.6. The fourth-order valence-corrected chi connectivity index (χ4v) is 5.94. The lowest BCUT2D eigenvalue weighted by atomic mass is 10.0. The van der Waals surface area contributed by atoms with Crippen molar-refractivity contribution in [2.75, 3.05) is 9.80 Å². The highest BCUT2D eigenvalue weighted by Gasteiger charge is 2.39. The number of carbonyl (C=O) groups excluding carboxylic acids is 1. The van der Waals surface area contributed by atoms with Gasteiger partial charge >= 0.3 is 0 Å². The molecule has 0 fully saturated rings. The van der Waals surface area contributed by atoms with E-state index in [1.807, 2.05) is 80.0 Å². The Labute approximate surface area is 266 Å². The standard InChI is InChI=1S/C36H27Cl2N5O/c1-21-10-8-11-22(2)32(21)42-31(17-16-26(20-39)34(44)25-14-6-5-7-15-25)43(33-23(3)12-9-13-24(33)4)36-35(42)40-29-18-27(37)28(38)19-30(29)41-36/h5-19H,1-4H3/b26-16-. The quantitative estimate of drug-likeness (QED) is 0.111. The van der Waals surface area contributed by atoms with Crippen LogP contribution in [0.3, 0.4) is 0 Å². The highest BCUT2D eigenvalue weighted by molar-refractivity contribution is 6.42. The maximum absolute atomic E-state index is 13.3. The van der Waals surface area contributed by atoms with Crippen molar-refractivity contribution in [3.05, 3.63) is 140 Å². The number of hydrogen-bond donors (Lipinski definition) is 0. The van der Waals surface area contributed by atoms with Gasteiger partial charge < -0.3 is 0 Å². The van der Waals surface area contributed by atoms with Crippen molar-refractivity contribution < 1.29 is 4.79 Å². The van der Waals surface area contributed by atoms with Gasteiger partial charge in [-0.3, -0.25) is 14.6 Å². The average molecular weight is 617 g/mol. The van der Waals surface area contributed by atoms with E-state index in [9.17, 15) is 10.1 Å². The summed E-state index contributed by atoms with van der Waals surface area (Å²) in [6.45, 7) is 8.17. The molecular weight excluding hydrogens is 589 g/mol. The SMILES string of the molecule is Cc1cccc(C)c1N1C(=C/C=C(/C#N)C(=O)c2ccccc2)N(c2c(C)cccc2C)c2nc3cc(Cl)c(Cl)cc3nc21. The molecule has 1 aromatic heterocycles. The van der Waals surface area contributed by atoms with Crippen molar-refractivity contribution >= 4 is 63.0 Å². The zero-order valence-corrected chi connectivity index (χ0v) is 26.1. The van der Waals surface area contributed by atoms with E-state index in [-0.39, 0.29) is 11.4 Å². The third-order valence-corrected chi connectivity index (χ3v) is 8.40. The van der Waals surface area contributed by atoms with Crippen molar-refractivity contribution in [3.8, 4) is 6.07 Å². The van der Waals surface area contributed by atoms with Crippen molar-refractivity contribution in [2.45, 2.75) is 27.7 Å². The summed E-state index contributed by atoms with van der Waals surface area (Å²) in [5, 5.41) is 10.8. The van der Waals surface area contributed by atoms with Crippen LogP contribution in [-0.4, -0.2) is 15.8 Å². The number of nitrogens with zero attached hydrogens (tertiary/aromatic N) is 5. The molecule has 6 nitrogen and oxygen atoms in total. The lowest BCUT2D eigenvalue weighted by Crippen LogP contribution is -2.24. The number of benzene rings is 4. The molecule has 4 aromatic carbocycles. The van der Waals surface area contributed by atoms with Crippen LogP contribution in [0.1, 0.15) is 32.6 Å². The molecule has 2 heterocycles. The monoisotopic (exact) mass is 615 g/mol. The molecule has 0 N–H and O–H groups in total. The summed E-state index contributed by atoms with van der Waals surface area (Å²) >= 11 is 12.8. The smallest absolute Gasteiger partial charge is 0.203 e. The maximum Gasteiger partial charge on any atom is 0.203 e. The van der Waals surface area contributed by atoms with Crippen LogP contribution in [0.5, 0.6) is 0 Å². The van der Waals surface area contributed by atoms with Crippen LogP contribution in [0, 0.1) is 39.0 Å². The fraction of sp³-hybridized carbons (Fsp3) is 0.111. The van der Waals surface area contributed by atoms with Crippen LogP contribution >= 0.6 is 23.2 Å². The number of nitriles is 1. The van der Waals surface area contributed by atoms with Gasteiger partial charge in [-0.1, -0.05) is 89.9 Å².